The van der Waals surface area contributed by atoms with E-state index in [1.807, 2.05) is 80.8 Å². The summed E-state index contributed by atoms with van der Waals surface area (Å²) in [5.41, 5.74) is 7.66. The summed E-state index contributed by atoms with van der Waals surface area (Å²) in [6.45, 7) is 0.762. The standard InChI is InChI=1S/C21H28N6O/c1-26(2)19-15-21(22,16-8-7-10-18(14-16)28-4)25-20(24-19)27(3)13-11-17-9-5-6-12-23-17/h5-10,12,14-15H,11,13,22H2,1-4H3,(H,24,25). The molecule has 3 N–H and O–H groups in total. The van der Waals surface area contributed by atoms with E-state index in [1.54, 1.807) is 7.11 Å². The van der Waals surface area contributed by atoms with Gasteiger partial charge >= 0.3 is 0 Å². The maximum Gasteiger partial charge on any atom is 0.201 e. The predicted octanol–water partition coefficient (Wildman–Crippen LogP) is 1.74. The van der Waals surface area contributed by atoms with E-state index in [-0.39, 0.29) is 0 Å². The molecule has 7 nitrogen and oxygen atoms in total. The Kier molecular flexibility index (Phi) is 5.84. The molecule has 1 aliphatic heterocycles. The van der Waals surface area contributed by atoms with Crippen molar-refractivity contribution in [2.45, 2.75) is 12.1 Å². The molecule has 0 fully saturated rings. The van der Waals surface area contributed by atoms with E-state index in [2.05, 4.69) is 15.2 Å². The van der Waals surface area contributed by atoms with Crippen LogP contribution < -0.4 is 15.8 Å². The molecular formula is C21H28N6O. The molecule has 0 saturated heterocycles. The van der Waals surface area contributed by atoms with Gasteiger partial charge in [-0.1, -0.05) is 18.2 Å². The van der Waals surface area contributed by atoms with E-state index in [1.165, 1.54) is 0 Å². The van der Waals surface area contributed by atoms with Crippen molar-refractivity contribution in [3.8, 4) is 5.75 Å². The summed E-state index contributed by atoms with van der Waals surface area (Å²) >= 11 is 0. The highest BCUT2D eigenvalue weighted by atomic mass is 16.5. The van der Waals surface area contributed by atoms with E-state index >= 15 is 0 Å². The highest BCUT2D eigenvalue weighted by Gasteiger charge is 2.31. The van der Waals surface area contributed by atoms with Gasteiger partial charge in [0, 0.05) is 57.6 Å². The average Bonchev–Trinajstić information content (AvgIpc) is 2.72. The van der Waals surface area contributed by atoms with Gasteiger partial charge in [0.25, 0.3) is 0 Å². The Morgan fingerprint density at radius 2 is 1.96 bits per heavy atom. The van der Waals surface area contributed by atoms with Gasteiger partial charge in [-0.05, 0) is 24.3 Å². The van der Waals surface area contributed by atoms with Crippen molar-refractivity contribution in [2.75, 3.05) is 34.8 Å². The molecule has 1 aliphatic rings. The number of nitrogens with zero attached hydrogens (tertiary/aromatic N) is 4. The summed E-state index contributed by atoms with van der Waals surface area (Å²) < 4.78 is 5.36. The molecule has 2 aromatic rings. The van der Waals surface area contributed by atoms with Crippen LogP contribution in [0.1, 0.15) is 11.3 Å². The number of pyridine rings is 1. The zero-order valence-electron chi connectivity index (χ0n) is 16.9. The first-order valence-corrected chi connectivity index (χ1v) is 9.23. The first kappa shape index (κ1) is 19.7. The molecule has 2 heterocycles. The molecule has 0 bridgehead atoms. The Hall–Kier alpha value is -3.06. The van der Waals surface area contributed by atoms with Crippen molar-refractivity contribution < 1.29 is 4.74 Å². The lowest BCUT2D eigenvalue weighted by Crippen LogP contribution is -2.50. The Morgan fingerprint density at radius 3 is 2.64 bits per heavy atom. The maximum absolute atomic E-state index is 6.74. The van der Waals surface area contributed by atoms with Gasteiger partial charge in [0.2, 0.25) is 5.96 Å². The molecule has 3 rings (SSSR count). The highest BCUT2D eigenvalue weighted by Crippen LogP contribution is 2.28. The molecule has 7 heteroatoms. The first-order valence-electron chi connectivity index (χ1n) is 9.23. The monoisotopic (exact) mass is 380 g/mol. The SMILES string of the molecule is COc1cccc(C2(N)C=C(N(C)C)NC(N(C)CCc3ccccn3)=N2)c1. The summed E-state index contributed by atoms with van der Waals surface area (Å²) in [7, 11) is 7.59. The third-order valence-corrected chi connectivity index (χ3v) is 4.69. The van der Waals surface area contributed by atoms with Gasteiger partial charge < -0.3 is 19.9 Å². The zero-order chi connectivity index (χ0) is 20.1. The number of benzene rings is 1. The summed E-state index contributed by atoms with van der Waals surface area (Å²) in [6, 6.07) is 13.7. The van der Waals surface area contributed by atoms with Crippen LogP contribution in [0, 0.1) is 0 Å². The van der Waals surface area contributed by atoms with Gasteiger partial charge in [-0.15, -0.1) is 0 Å². The molecule has 1 atom stereocenters. The number of hydrogen-bond donors (Lipinski definition) is 2. The minimum Gasteiger partial charge on any atom is -0.497 e. The largest absolute Gasteiger partial charge is 0.497 e. The van der Waals surface area contributed by atoms with Crippen LogP contribution >= 0.6 is 0 Å². The molecule has 1 aromatic carbocycles. The lowest BCUT2D eigenvalue weighted by molar-refractivity contribution is 0.405. The van der Waals surface area contributed by atoms with Gasteiger partial charge in [-0.25, -0.2) is 4.99 Å². The van der Waals surface area contributed by atoms with E-state index in [0.29, 0.717) is 5.96 Å². The van der Waals surface area contributed by atoms with Gasteiger partial charge in [0.15, 0.2) is 5.66 Å². The third kappa shape index (κ3) is 4.43. The molecule has 0 saturated carbocycles. The van der Waals surface area contributed by atoms with Crippen molar-refractivity contribution in [1.29, 1.82) is 0 Å². The summed E-state index contributed by atoms with van der Waals surface area (Å²) in [5, 5.41) is 3.37. The van der Waals surface area contributed by atoms with Crippen molar-refractivity contribution in [1.82, 2.24) is 20.1 Å². The maximum atomic E-state index is 6.74. The molecule has 28 heavy (non-hydrogen) atoms. The number of hydrogen-bond acceptors (Lipinski definition) is 7. The molecule has 1 unspecified atom stereocenters. The van der Waals surface area contributed by atoms with Crippen molar-refractivity contribution >= 4 is 5.96 Å². The first-order chi connectivity index (χ1) is 13.4. The fourth-order valence-electron chi connectivity index (χ4n) is 2.97. The molecule has 0 amide bonds. The number of aliphatic imine (C=N–C) groups is 1. The summed E-state index contributed by atoms with van der Waals surface area (Å²) in [6.07, 6.45) is 4.56. The predicted molar refractivity (Wildman–Crippen MR) is 112 cm³/mol. The number of ether oxygens (including phenoxy) is 1. The fourth-order valence-corrected chi connectivity index (χ4v) is 2.97. The Labute approximate surface area is 166 Å². The lowest BCUT2D eigenvalue weighted by Gasteiger charge is -2.35. The van der Waals surface area contributed by atoms with Crippen LogP contribution in [-0.2, 0) is 12.1 Å². The van der Waals surface area contributed by atoms with E-state index in [4.69, 9.17) is 15.5 Å². The minimum absolute atomic E-state index is 0.715. The van der Waals surface area contributed by atoms with Gasteiger partial charge in [0.05, 0.1) is 7.11 Å². The highest BCUT2D eigenvalue weighted by molar-refractivity contribution is 5.83. The van der Waals surface area contributed by atoms with Crippen LogP contribution in [-0.4, -0.2) is 55.5 Å². The van der Waals surface area contributed by atoms with E-state index < -0.39 is 5.66 Å². The second-order valence-electron chi connectivity index (χ2n) is 7.03. The lowest BCUT2D eigenvalue weighted by atomic mass is 9.99. The van der Waals surface area contributed by atoms with Gasteiger partial charge in [-0.3, -0.25) is 10.7 Å². The Balaban J connectivity index is 1.87. The number of aromatic nitrogens is 1. The number of guanidine groups is 1. The average molecular weight is 380 g/mol. The number of methoxy groups -OCH3 is 1. The number of rotatable bonds is 6. The zero-order valence-corrected chi connectivity index (χ0v) is 16.9. The normalized spacial score (nSPS) is 18.6. The number of nitrogens with one attached hydrogen (secondary N) is 1. The third-order valence-electron chi connectivity index (χ3n) is 4.69. The van der Waals surface area contributed by atoms with E-state index in [9.17, 15) is 0 Å². The topological polar surface area (TPSA) is 79.0 Å². The Bertz CT molecular complexity index is 864. The van der Waals surface area contributed by atoms with Crippen LogP contribution in [0.4, 0.5) is 0 Å². The molecule has 0 aliphatic carbocycles. The summed E-state index contributed by atoms with van der Waals surface area (Å²) in [5.74, 6) is 2.35. The second-order valence-corrected chi connectivity index (χ2v) is 7.03. The van der Waals surface area contributed by atoms with Crippen LogP contribution in [0.25, 0.3) is 0 Å². The van der Waals surface area contributed by atoms with Crippen molar-refractivity contribution in [3.05, 3.63) is 71.8 Å². The smallest absolute Gasteiger partial charge is 0.201 e. The second kappa shape index (κ2) is 8.31. The van der Waals surface area contributed by atoms with Crippen molar-refractivity contribution in [3.63, 3.8) is 0 Å². The van der Waals surface area contributed by atoms with Crippen molar-refractivity contribution in [2.24, 2.45) is 10.7 Å². The quantitative estimate of drug-likeness (QED) is 0.795. The van der Waals surface area contributed by atoms with Crippen LogP contribution in [0.3, 0.4) is 0 Å². The summed E-state index contributed by atoms with van der Waals surface area (Å²) in [4.78, 5) is 13.3. The van der Waals surface area contributed by atoms with E-state index in [0.717, 1.165) is 35.8 Å². The molecular weight excluding hydrogens is 352 g/mol. The Morgan fingerprint density at radius 1 is 1.14 bits per heavy atom. The van der Waals surface area contributed by atoms with Crippen LogP contribution in [0.2, 0.25) is 0 Å². The molecule has 148 valence electrons. The number of nitrogens with two attached hydrogens (primary N) is 1. The van der Waals surface area contributed by atoms with Gasteiger partial charge in [0.1, 0.15) is 11.6 Å². The van der Waals surface area contributed by atoms with Gasteiger partial charge in [-0.2, -0.15) is 0 Å². The fraction of sp³-hybridized carbons (Fsp3) is 0.333. The molecule has 1 aromatic heterocycles. The molecule has 0 spiro atoms. The minimum atomic E-state index is -0.992. The number of likely N-dealkylation sites (N-methyl/N-ethyl adjacent to an activating group) is 1. The van der Waals surface area contributed by atoms with Crippen LogP contribution in [0.5, 0.6) is 5.75 Å². The molecule has 0 radical (unpaired) electrons. The van der Waals surface area contributed by atoms with Crippen LogP contribution in [0.15, 0.2) is 65.6 Å².